The zero-order chi connectivity index (χ0) is 17.8. The van der Waals surface area contributed by atoms with Gasteiger partial charge >= 0.3 is 0 Å². The van der Waals surface area contributed by atoms with Gasteiger partial charge in [0.1, 0.15) is 16.9 Å². The van der Waals surface area contributed by atoms with Gasteiger partial charge in [0.25, 0.3) is 5.56 Å². The van der Waals surface area contributed by atoms with Gasteiger partial charge in [-0.1, -0.05) is 30.3 Å². The fraction of sp³-hybridized carbons (Fsp3) is 0.200. The van der Waals surface area contributed by atoms with E-state index in [0.29, 0.717) is 16.6 Å². The summed E-state index contributed by atoms with van der Waals surface area (Å²) in [6, 6.07) is 12.2. The third kappa shape index (κ3) is 3.39. The second-order valence-corrected chi connectivity index (χ2v) is 6.23. The molecule has 3 aromatic heterocycles. The van der Waals surface area contributed by atoms with E-state index >= 15 is 0 Å². The molecular weight excluding hydrogens is 326 g/mol. The molecule has 1 N–H and O–H groups in total. The van der Waals surface area contributed by atoms with Gasteiger partial charge in [0.15, 0.2) is 0 Å². The van der Waals surface area contributed by atoms with Crippen LogP contribution in [0.25, 0.3) is 22.3 Å². The lowest BCUT2D eigenvalue weighted by Crippen LogP contribution is -2.07. The van der Waals surface area contributed by atoms with Crippen molar-refractivity contribution in [2.45, 2.75) is 25.8 Å². The summed E-state index contributed by atoms with van der Waals surface area (Å²) in [7, 11) is 0. The molecule has 4 aromatic rings. The maximum Gasteiger partial charge on any atom is 0.258 e. The minimum atomic E-state index is -0.168. The molecule has 0 saturated heterocycles. The Labute approximate surface area is 150 Å². The zero-order valence-corrected chi connectivity index (χ0v) is 14.3. The maximum atomic E-state index is 11.9. The first-order valence-electron chi connectivity index (χ1n) is 8.70. The van der Waals surface area contributed by atoms with Crippen LogP contribution in [0.4, 0.5) is 0 Å². The summed E-state index contributed by atoms with van der Waals surface area (Å²) in [5.41, 5.74) is 3.15. The number of H-pyrrole nitrogens is 1. The van der Waals surface area contributed by atoms with Crippen LogP contribution in [-0.4, -0.2) is 24.5 Å². The number of aromatic nitrogens is 5. The van der Waals surface area contributed by atoms with Crippen LogP contribution in [0.15, 0.2) is 66.2 Å². The SMILES string of the molecule is O=c1[nH]cnc2c(-c3cn(CCCCc4ccccc4)cn3)nccc12. The fourth-order valence-corrected chi connectivity index (χ4v) is 3.06. The molecule has 0 radical (unpaired) electrons. The number of imidazole rings is 1. The summed E-state index contributed by atoms with van der Waals surface area (Å²) >= 11 is 0. The van der Waals surface area contributed by atoms with Gasteiger partial charge in [-0.15, -0.1) is 0 Å². The number of hydrogen-bond donors (Lipinski definition) is 1. The van der Waals surface area contributed by atoms with Crippen LogP contribution < -0.4 is 5.56 Å². The van der Waals surface area contributed by atoms with Crippen LogP contribution in [0, 0.1) is 0 Å². The minimum Gasteiger partial charge on any atom is -0.337 e. The van der Waals surface area contributed by atoms with Gasteiger partial charge in [0.05, 0.1) is 18.0 Å². The molecule has 0 aliphatic heterocycles. The van der Waals surface area contributed by atoms with Crippen molar-refractivity contribution in [3.8, 4) is 11.4 Å². The van der Waals surface area contributed by atoms with Crippen LogP contribution in [0.5, 0.6) is 0 Å². The molecular formula is C20H19N5O. The molecule has 6 nitrogen and oxygen atoms in total. The fourth-order valence-electron chi connectivity index (χ4n) is 3.06. The second-order valence-electron chi connectivity index (χ2n) is 6.23. The van der Waals surface area contributed by atoms with E-state index in [2.05, 4.69) is 48.8 Å². The summed E-state index contributed by atoms with van der Waals surface area (Å²) in [4.78, 5) is 27.6. The van der Waals surface area contributed by atoms with Gasteiger partial charge in [0, 0.05) is 18.9 Å². The highest BCUT2D eigenvalue weighted by atomic mass is 16.1. The van der Waals surface area contributed by atoms with Crippen molar-refractivity contribution in [2.24, 2.45) is 0 Å². The topological polar surface area (TPSA) is 76.5 Å². The Hall–Kier alpha value is -3.28. The Balaban J connectivity index is 1.45. The highest BCUT2D eigenvalue weighted by Gasteiger charge is 2.11. The van der Waals surface area contributed by atoms with Gasteiger partial charge < -0.3 is 9.55 Å². The van der Waals surface area contributed by atoms with E-state index in [1.165, 1.54) is 11.9 Å². The average molecular weight is 345 g/mol. The smallest absolute Gasteiger partial charge is 0.258 e. The number of nitrogens with zero attached hydrogens (tertiary/aromatic N) is 4. The van der Waals surface area contributed by atoms with Crippen LogP contribution in [-0.2, 0) is 13.0 Å². The number of nitrogens with one attached hydrogen (secondary N) is 1. The van der Waals surface area contributed by atoms with Gasteiger partial charge in [-0.05, 0) is 30.9 Å². The highest BCUT2D eigenvalue weighted by molar-refractivity contribution is 5.89. The average Bonchev–Trinajstić information content (AvgIpc) is 3.15. The summed E-state index contributed by atoms with van der Waals surface area (Å²) in [6.45, 7) is 0.901. The molecule has 0 saturated carbocycles. The van der Waals surface area contributed by atoms with Crippen molar-refractivity contribution >= 4 is 10.9 Å². The molecule has 0 atom stereocenters. The number of rotatable bonds is 6. The van der Waals surface area contributed by atoms with Gasteiger partial charge in [-0.3, -0.25) is 9.78 Å². The van der Waals surface area contributed by atoms with Crippen LogP contribution in [0.3, 0.4) is 0 Å². The van der Waals surface area contributed by atoms with Crippen LogP contribution in [0.2, 0.25) is 0 Å². The number of benzene rings is 1. The highest BCUT2D eigenvalue weighted by Crippen LogP contribution is 2.21. The normalized spacial score (nSPS) is 11.1. The first kappa shape index (κ1) is 16.2. The van der Waals surface area contributed by atoms with Crippen LogP contribution in [0.1, 0.15) is 18.4 Å². The van der Waals surface area contributed by atoms with E-state index in [9.17, 15) is 4.79 Å². The number of aryl methyl sites for hydroxylation is 2. The van der Waals surface area contributed by atoms with Crippen molar-refractivity contribution in [3.05, 3.63) is 77.4 Å². The molecule has 0 fully saturated rings. The molecule has 0 bridgehead atoms. The number of pyridine rings is 1. The Morgan fingerprint density at radius 2 is 1.88 bits per heavy atom. The predicted molar refractivity (Wildman–Crippen MR) is 101 cm³/mol. The number of aromatic amines is 1. The molecule has 0 unspecified atom stereocenters. The van der Waals surface area contributed by atoms with Gasteiger partial charge in [0.2, 0.25) is 0 Å². The minimum absolute atomic E-state index is 0.168. The van der Waals surface area contributed by atoms with Crippen molar-refractivity contribution < 1.29 is 0 Å². The third-order valence-electron chi connectivity index (χ3n) is 4.41. The lowest BCUT2D eigenvalue weighted by Gasteiger charge is -2.03. The lowest BCUT2D eigenvalue weighted by atomic mass is 10.1. The zero-order valence-electron chi connectivity index (χ0n) is 14.3. The molecule has 130 valence electrons. The summed E-state index contributed by atoms with van der Waals surface area (Å²) in [5.74, 6) is 0. The molecule has 0 aliphatic carbocycles. The predicted octanol–water partition coefficient (Wildman–Crippen LogP) is 3.20. The van der Waals surface area contributed by atoms with Gasteiger partial charge in [-0.2, -0.15) is 0 Å². The first-order chi connectivity index (χ1) is 12.8. The molecule has 6 heteroatoms. The monoisotopic (exact) mass is 345 g/mol. The maximum absolute atomic E-state index is 11.9. The second kappa shape index (κ2) is 7.31. The van der Waals surface area contributed by atoms with Gasteiger partial charge in [-0.25, -0.2) is 9.97 Å². The Kier molecular flexibility index (Phi) is 4.55. The Morgan fingerprint density at radius 3 is 2.77 bits per heavy atom. The van der Waals surface area contributed by atoms with E-state index in [-0.39, 0.29) is 5.56 Å². The van der Waals surface area contributed by atoms with E-state index in [4.69, 9.17) is 0 Å². The molecule has 0 aliphatic rings. The van der Waals surface area contributed by atoms with Crippen molar-refractivity contribution in [2.75, 3.05) is 0 Å². The summed E-state index contributed by atoms with van der Waals surface area (Å²) in [6.07, 6.45) is 10.1. The molecule has 0 spiro atoms. The number of unbranched alkanes of at least 4 members (excludes halogenated alkanes) is 1. The van der Waals surface area contributed by atoms with Crippen molar-refractivity contribution in [1.29, 1.82) is 0 Å². The quantitative estimate of drug-likeness (QED) is 0.545. The summed E-state index contributed by atoms with van der Waals surface area (Å²) < 4.78 is 2.06. The molecule has 4 rings (SSSR count). The first-order valence-corrected chi connectivity index (χ1v) is 8.70. The Bertz CT molecular complexity index is 1070. The standard InChI is InChI=1S/C20H19N5O/c26-20-16-9-10-21-19(18(16)22-13-23-20)17-12-25(14-24-17)11-5-4-8-15-6-2-1-3-7-15/h1-3,6-7,9-10,12-14H,4-5,8,11H2,(H,22,23,26). The lowest BCUT2D eigenvalue weighted by molar-refractivity contribution is 0.609. The van der Waals surface area contributed by atoms with Crippen molar-refractivity contribution in [1.82, 2.24) is 24.5 Å². The molecule has 0 amide bonds. The van der Waals surface area contributed by atoms with E-state index in [0.717, 1.165) is 31.5 Å². The molecule has 26 heavy (non-hydrogen) atoms. The number of hydrogen-bond acceptors (Lipinski definition) is 4. The summed E-state index contributed by atoms with van der Waals surface area (Å²) in [5, 5.41) is 0.523. The number of fused-ring (bicyclic) bond motifs is 1. The van der Waals surface area contributed by atoms with E-state index in [1.807, 2.05) is 18.6 Å². The Morgan fingerprint density at radius 1 is 1.00 bits per heavy atom. The van der Waals surface area contributed by atoms with Crippen LogP contribution >= 0.6 is 0 Å². The van der Waals surface area contributed by atoms with Crippen molar-refractivity contribution in [3.63, 3.8) is 0 Å². The molecule has 3 heterocycles. The van der Waals surface area contributed by atoms with E-state index < -0.39 is 0 Å². The molecule has 1 aromatic carbocycles. The van der Waals surface area contributed by atoms with E-state index in [1.54, 1.807) is 12.3 Å². The third-order valence-corrected chi connectivity index (χ3v) is 4.41. The largest absolute Gasteiger partial charge is 0.337 e.